The fraction of sp³-hybridized carbons (Fsp3) is 0.250. The first-order valence-electron chi connectivity index (χ1n) is 12.9. The van der Waals surface area contributed by atoms with Crippen LogP contribution in [0.2, 0.25) is 0 Å². The molecule has 0 fully saturated rings. The lowest BCUT2D eigenvalue weighted by molar-refractivity contribution is -0.190. The predicted molar refractivity (Wildman–Crippen MR) is 146 cm³/mol. The van der Waals surface area contributed by atoms with E-state index >= 15 is 0 Å². The molecule has 0 saturated heterocycles. The van der Waals surface area contributed by atoms with Crippen molar-refractivity contribution in [3.63, 3.8) is 0 Å². The van der Waals surface area contributed by atoms with Crippen molar-refractivity contribution < 1.29 is 32.3 Å². The Kier molecular flexibility index (Phi) is 9.70. The molecule has 1 aromatic carbocycles. The highest BCUT2D eigenvalue weighted by molar-refractivity contribution is 5.89. The number of rotatable bonds is 11. The summed E-state index contributed by atoms with van der Waals surface area (Å²) in [5.41, 5.74) is 0.874. The summed E-state index contributed by atoms with van der Waals surface area (Å²) in [5, 5.41) is 9.97. The van der Waals surface area contributed by atoms with Gasteiger partial charge in [-0.25, -0.2) is 19.5 Å². The molecular formula is C28H28F3N7O4. The summed E-state index contributed by atoms with van der Waals surface area (Å²) in [7, 11) is 0. The van der Waals surface area contributed by atoms with Crippen LogP contribution in [0.4, 0.5) is 23.8 Å². The quantitative estimate of drug-likeness (QED) is 0.242. The summed E-state index contributed by atoms with van der Waals surface area (Å²) >= 11 is 0. The van der Waals surface area contributed by atoms with E-state index in [2.05, 4.69) is 25.7 Å². The van der Waals surface area contributed by atoms with E-state index < -0.39 is 17.9 Å². The average Bonchev–Trinajstić information content (AvgIpc) is 3.47. The molecule has 0 unspecified atom stereocenters. The van der Waals surface area contributed by atoms with Gasteiger partial charge in [0.25, 0.3) is 0 Å². The van der Waals surface area contributed by atoms with Gasteiger partial charge in [0.2, 0.25) is 5.91 Å². The highest BCUT2D eigenvalue weighted by Crippen LogP contribution is 2.32. The molecule has 4 rings (SSSR count). The van der Waals surface area contributed by atoms with Gasteiger partial charge in [-0.3, -0.25) is 19.9 Å². The molecule has 0 bridgehead atoms. The van der Waals surface area contributed by atoms with Crippen molar-refractivity contribution in [3.05, 3.63) is 84.6 Å². The third kappa shape index (κ3) is 8.04. The number of alkyl halides is 3. The molecule has 220 valence electrons. The van der Waals surface area contributed by atoms with Gasteiger partial charge in [0.05, 0.1) is 18.4 Å². The van der Waals surface area contributed by atoms with Gasteiger partial charge in [-0.2, -0.15) is 18.3 Å². The fourth-order valence-electron chi connectivity index (χ4n) is 3.79. The Labute approximate surface area is 239 Å². The lowest BCUT2D eigenvalue weighted by Crippen LogP contribution is -2.32. The maximum absolute atomic E-state index is 13.3. The van der Waals surface area contributed by atoms with Crippen LogP contribution >= 0.6 is 0 Å². The Morgan fingerprint density at radius 2 is 1.86 bits per heavy atom. The van der Waals surface area contributed by atoms with Crippen LogP contribution in [0.1, 0.15) is 25.1 Å². The third-order valence-corrected chi connectivity index (χ3v) is 5.76. The minimum atomic E-state index is -4.64. The van der Waals surface area contributed by atoms with E-state index in [-0.39, 0.29) is 37.2 Å². The van der Waals surface area contributed by atoms with Gasteiger partial charge in [-0.15, -0.1) is 0 Å². The van der Waals surface area contributed by atoms with E-state index in [1.807, 2.05) is 30.3 Å². The Morgan fingerprint density at radius 1 is 1.07 bits per heavy atom. The number of ether oxygens (including phenoxy) is 1. The maximum Gasteiger partial charge on any atom is 0.435 e. The molecule has 0 radical (unpaired) electrons. The lowest BCUT2D eigenvalue weighted by atomic mass is 10.1. The Balaban J connectivity index is 1.53. The van der Waals surface area contributed by atoms with Crippen LogP contribution in [0.5, 0.6) is 5.75 Å². The Bertz CT molecular complexity index is 1510. The standard InChI is InChI=1S/C28H28F3N7O4/c1-3-33-27(40)35-26-14-24(37-10-9-25(36-37)28(29,30)31)23(17-34-26)21-13-22(16-32-15-21)41-12-11-38(19(2)39)42-18-20-7-5-4-6-8-20/h4-10,13-17H,3,11-12,18H2,1-2H3,(H2,33,34,35,40). The van der Waals surface area contributed by atoms with Crippen molar-refractivity contribution >= 4 is 17.8 Å². The first kappa shape index (κ1) is 30.0. The molecule has 11 nitrogen and oxygen atoms in total. The maximum atomic E-state index is 13.3. The number of hydrogen-bond acceptors (Lipinski definition) is 7. The molecule has 4 aromatic rings. The number of pyridine rings is 2. The minimum absolute atomic E-state index is 0.0775. The van der Waals surface area contributed by atoms with Gasteiger partial charge in [0, 0.05) is 49.3 Å². The normalized spacial score (nSPS) is 11.2. The summed E-state index contributed by atoms with van der Waals surface area (Å²) in [6.45, 7) is 3.91. The molecule has 3 heterocycles. The number of aromatic nitrogens is 4. The zero-order chi connectivity index (χ0) is 30.1. The van der Waals surface area contributed by atoms with E-state index in [1.54, 1.807) is 13.0 Å². The van der Waals surface area contributed by atoms with Gasteiger partial charge in [0.1, 0.15) is 24.8 Å². The zero-order valence-electron chi connectivity index (χ0n) is 22.8. The number of carbonyl (C=O) groups is 2. The van der Waals surface area contributed by atoms with Gasteiger partial charge in [-0.05, 0) is 24.6 Å². The zero-order valence-corrected chi connectivity index (χ0v) is 22.8. The highest BCUT2D eigenvalue weighted by Gasteiger charge is 2.34. The van der Waals surface area contributed by atoms with E-state index in [9.17, 15) is 22.8 Å². The molecule has 3 amide bonds. The number of nitrogens with zero attached hydrogens (tertiary/aromatic N) is 5. The Hall–Kier alpha value is -4.98. The minimum Gasteiger partial charge on any atom is -0.490 e. The largest absolute Gasteiger partial charge is 0.490 e. The second-order valence-electron chi connectivity index (χ2n) is 8.85. The van der Waals surface area contributed by atoms with E-state index in [0.717, 1.165) is 22.5 Å². The highest BCUT2D eigenvalue weighted by atomic mass is 19.4. The van der Waals surface area contributed by atoms with E-state index in [0.29, 0.717) is 23.4 Å². The molecule has 0 spiro atoms. The number of urea groups is 1. The van der Waals surface area contributed by atoms with Crippen LogP contribution in [0, 0.1) is 0 Å². The third-order valence-electron chi connectivity index (χ3n) is 5.76. The number of nitrogens with one attached hydrogen (secondary N) is 2. The van der Waals surface area contributed by atoms with E-state index in [4.69, 9.17) is 9.57 Å². The molecule has 0 aliphatic heterocycles. The molecule has 2 N–H and O–H groups in total. The summed E-state index contributed by atoms with van der Waals surface area (Å²) in [6, 6.07) is 12.7. The molecule has 0 aliphatic carbocycles. The Morgan fingerprint density at radius 3 is 2.55 bits per heavy atom. The molecule has 14 heteroatoms. The molecular weight excluding hydrogens is 555 g/mol. The van der Waals surface area contributed by atoms with Crippen LogP contribution in [-0.4, -0.2) is 56.4 Å². The number of anilines is 1. The fourth-order valence-corrected chi connectivity index (χ4v) is 3.79. The van der Waals surface area contributed by atoms with Crippen molar-refractivity contribution in [3.8, 4) is 22.6 Å². The average molecular weight is 584 g/mol. The SMILES string of the molecule is CCNC(=O)Nc1cc(-n2ccc(C(F)(F)F)n2)c(-c2cncc(OCCN(OCc3ccccc3)C(C)=O)c2)cn1. The molecule has 0 atom stereocenters. The first-order valence-corrected chi connectivity index (χ1v) is 12.9. The topological polar surface area (TPSA) is 124 Å². The van der Waals surface area contributed by atoms with Crippen molar-refractivity contribution in [1.29, 1.82) is 0 Å². The second-order valence-corrected chi connectivity index (χ2v) is 8.85. The molecule has 0 aliphatic rings. The molecule has 3 aromatic heterocycles. The number of hydrogen-bond donors (Lipinski definition) is 2. The number of benzene rings is 1. The molecule has 0 saturated carbocycles. The van der Waals surface area contributed by atoms with E-state index in [1.165, 1.54) is 36.6 Å². The number of amides is 3. The van der Waals surface area contributed by atoms with Crippen LogP contribution in [0.15, 0.2) is 73.3 Å². The summed E-state index contributed by atoms with van der Waals surface area (Å²) in [5.74, 6) is 0.144. The second kappa shape index (κ2) is 13.6. The van der Waals surface area contributed by atoms with Crippen LogP contribution < -0.4 is 15.4 Å². The lowest BCUT2D eigenvalue weighted by Gasteiger charge is -2.20. The number of halogens is 3. The van der Waals surface area contributed by atoms with Gasteiger partial charge in [0.15, 0.2) is 5.69 Å². The van der Waals surface area contributed by atoms with Crippen molar-refractivity contribution in [2.24, 2.45) is 0 Å². The van der Waals surface area contributed by atoms with Gasteiger partial charge < -0.3 is 10.1 Å². The van der Waals surface area contributed by atoms with Crippen LogP contribution in [0.25, 0.3) is 16.8 Å². The van der Waals surface area contributed by atoms with Gasteiger partial charge in [-0.1, -0.05) is 30.3 Å². The summed E-state index contributed by atoms with van der Waals surface area (Å²) in [4.78, 5) is 38.1. The number of carbonyl (C=O) groups excluding carboxylic acids is 2. The van der Waals surface area contributed by atoms with Crippen molar-refractivity contribution in [1.82, 2.24) is 30.1 Å². The monoisotopic (exact) mass is 583 g/mol. The number of hydroxylamine groups is 2. The molecule has 42 heavy (non-hydrogen) atoms. The summed E-state index contributed by atoms with van der Waals surface area (Å²) < 4.78 is 46.7. The smallest absolute Gasteiger partial charge is 0.435 e. The first-order chi connectivity index (χ1) is 20.1. The van der Waals surface area contributed by atoms with Crippen molar-refractivity contribution in [2.75, 3.05) is 25.0 Å². The van der Waals surface area contributed by atoms with Crippen LogP contribution in [0.3, 0.4) is 0 Å². The summed E-state index contributed by atoms with van der Waals surface area (Å²) in [6.07, 6.45) is 0.858. The van der Waals surface area contributed by atoms with Gasteiger partial charge >= 0.3 is 12.2 Å². The predicted octanol–water partition coefficient (Wildman–Crippen LogP) is 4.85. The van der Waals surface area contributed by atoms with Crippen LogP contribution in [-0.2, 0) is 22.4 Å². The van der Waals surface area contributed by atoms with Crippen molar-refractivity contribution in [2.45, 2.75) is 26.6 Å².